The summed E-state index contributed by atoms with van der Waals surface area (Å²) >= 11 is 0. The van der Waals surface area contributed by atoms with Gasteiger partial charge in [-0.2, -0.15) is 0 Å². The van der Waals surface area contributed by atoms with Crippen molar-refractivity contribution in [2.45, 2.75) is 304 Å². The number of hydrogen-bond donors (Lipinski definition) is 0. The second-order valence-corrected chi connectivity index (χ2v) is 19.0. The van der Waals surface area contributed by atoms with Crippen molar-refractivity contribution in [2.75, 3.05) is 13.2 Å². The lowest BCUT2D eigenvalue weighted by molar-refractivity contribution is -0.167. The molecule has 3 atom stereocenters. The Kier molecular flexibility index (Phi) is 45.7. The Bertz CT molecular complexity index is 920. The standard InChI is InChI=1S/C54H104O6/c1-6-9-10-11-12-13-14-15-16-17-18-19-23-29-34-39-44-52(55)58-47-51(48-59-53(56)45-40-35-30-26-25-28-33-38-43-50(5)8-3)60-54(57)46-41-36-31-24-21-20-22-27-32-37-42-49(4)7-2/h49-51H,6-48H2,1-5H3/t49?,50?,51-/m0/s1. The molecule has 0 saturated carbocycles. The Hall–Kier alpha value is -1.59. The van der Waals surface area contributed by atoms with Gasteiger partial charge in [0, 0.05) is 19.3 Å². The van der Waals surface area contributed by atoms with Crippen molar-refractivity contribution in [1.82, 2.24) is 0 Å². The fourth-order valence-corrected chi connectivity index (χ4v) is 8.10. The molecule has 0 aliphatic rings. The molecular formula is C54H104O6. The molecule has 0 rings (SSSR count). The van der Waals surface area contributed by atoms with Crippen LogP contribution in [0.15, 0.2) is 0 Å². The second kappa shape index (κ2) is 46.9. The van der Waals surface area contributed by atoms with Crippen LogP contribution in [-0.2, 0) is 28.6 Å². The molecule has 0 fully saturated rings. The SMILES string of the molecule is CCCCCCCCCCCCCCCCCCC(=O)OC[C@@H](COC(=O)CCCCCCCCCCC(C)CC)OC(=O)CCCCCCCCCCCCC(C)CC. The Morgan fingerprint density at radius 2 is 0.583 bits per heavy atom. The molecule has 6 heteroatoms. The Morgan fingerprint density at radius 3 is 0.867 bits per heavy atom. The number of carbonyl (C=O) groups is 3. The van der Waals surface area contributed by atoms with Gasteiger partial charge in [0.15, 0.2) is 6.10 Å². The van der Waals surface area contributed by atoms with Crippen molar-refractivity contribution in [1.29, 1.82) is 0 Å². The molecular weight excluding hydrogens is 745 g/mol. The van der Waals surface area contributed by atoms with E-state index in [4.69, 9.17) is 14.2 Å². The molecule has 0 spiro atoms. The molecule has 0 heterocycles. The molecule has 0 aliphatic carbocycles. The predicted octanol–water partition coefficient (Wildman–Crippen LogP) is 17.3. The first kappa shape index (κ1) is 58.4. The number of unbranched alkanes of at least 4 members (excludes halogenated alkanes) is 31. The summed E-state index contributed by atoms with van der Waals surface area (Å²) in [5.74, 6) is 0.868. The van der Waals surface area contributed by atoms with Crippen LogP contribution in [0.4, 0.5) is 0 Å². The Balaban J connectivity index is 4.32. The van der Waals surface area contributed by atoms with Crippen LogP contribution in [0.25, 0.3) is 0 Å². The average Bonchev–Trinajstić information content (AvgIpc) is 3.25. The zero-order valence-electron chi connectivity index (χ0n) is 41.1. The van der Waals surface area contributed by atoms with E-state index in [1.165, 1.54) is 186 Å². The van der Waals surface area contributed by atoms with Gasteiger partial charge in [0.25, 0.3) is 0 Å². The number of hydrogen-bond acceptors (Lipinski definition) is 6. The summed E-state index contributed by atoms with van der Waals surface area (Å²) in [6, 6.07) is 0. The van der Waals surface area contributed by atoms with Crippen LogP contribution in [0, 0.1) is 11.8 Å². The molecule has 0 bridgehead atoms. The third-order valence-electron chi connectivity index (χ3n) is 12.9. The Labute approximate surface area is 374 Å². The molecule has 0 aromatic rings. The van der Waals surface area contributed by atoms with Gasteiger partial charge in [0.05, 0.1) is 0 Å². The minimum Gasteiger partial charge on any atom is -0.462 e. The molecule has 0 N–H and O–H groups in total. The van der Waals surface area contributed by atoms with E-state index in [9.17, 15) is 14.4 Å². The monoisotopic (exact) mass is 849 g/mol. The van der Waals surface area contributed by atoms with Gasteiger partial charge in [-0.05, 0) is 31.1 Å². The van der Waals surface area contributed by atoms with Crippen LogP contribution in [0.3, 0.4) is 0 Å². The van der Waals surface area contributed by atoms with Crippen molar-refractivity contribution in [3.8, 4) is 0 Å². The zero-order chi connectivity index (χ0) is 44.0. The van der Waals surface area contributed by atoms with Gasteiger partial charge >= 0.3 is 17.9 Å². The maximum atomic E-state index is 12.8. The van der Waals surface area contributed by atoms with Gasteiger partial charge in [0.2, 0.25) is 0 Å². The van der Waals surface area contributed by atoms with E-state index in [1.54, 1.807) is 0 Å². The average molecular weight is 849 g/mol. The van der Waals surface area contributed by atoms with Crippen molar-refractivity contribution in [3.05, 3.63) is 0 Å². The minimum absolute atomic E-state index is 0.0638. The Morgan fingerprint density at radius 1 is 0.333 bits per heavy atom. The molecule has 0 aromatic carbocycles. The summed E-state index contributed by atoms with van der Waals surface area (Å²) in [5, 5.41) is 0. The number of ether oxygens (including phenoxy) is 3. The summed E-state index contributed by atoms with van der Waals surface area (Å²) in [6.07, 6.45) is 47.9. The van der Waals surface area contributed by atoms with E-state index in [-0.39, 0.29) is 31.1 Å². The molecule has 2 unspecified atom stereocenters. The fourth-order valence-electron chi connectivity index (χ4n) is 8.10. The normalized spacial score (nSPS) is 12.9. The summed E-state index contributed by atoms with van der Waals surface area (Å²) in [5.41, 5.74) is 0. The van der Waals surface area contributed by atoms with E-state index < -0.39 is 6.10 Å². The smallest absolute Gasteiger partial charge is 0.306 e. The van der Waals surface area contributed by atoms with Crippen LogP contribution >= 0.6 is 0 Å². The van der Waals surface area contributed by atoms with E-state index >= 15 is 0 Å². The minimum atomic E-state index is -0.762. The zero-order valence-corrected chi connectivity index (χ0v) is 41.1. The summed E-state index contributed by atoms with van der Waals surface area (Å²) in [7, 11) is 0. The summed E-state index contributed by atoms with van der Waals surface area (Å²) in [6.45, 7) is 11.4. The van der Waals surface area contributed by atoms with Crippen LogP contribution < -0.4 is 0 Å². The van der Waals surface area contributed by atoms with E-state index in [0.29, 0.717) is 19.3 Å². The third kappa shape index (κ3) is 44.5. The first-order valence-electron chi connectivity index (χ1n) is 26.8. The maximum absolute atomic E-state index is 12.8. The van der Waals surface area contributed by atoms with Gasteiger partial charge in [-0.15, -0.1) is 0 Å². The van der Waals surface area contributed by atoms with Gasteiger partial charge in [-0.1, -0.05) is 259 Å². The third-order valence-corrected chi connectivity index (χ3v) is 12.9. The van der Waals surface area contributed by atoms with Gasteiger partial charge in [0.1, 0.15) is 13.2 Å². The van der Waals surface area contributed by atoms with Crippen molar-refractivity contribution in [3.63, 3.8) is 0 Å². The van der Waals surface area contributed by atoms with E-state index in [1.807, 2.05) is 0 Å². The highest BCUT2D eigenvalue weighted by molar-refractivity contribution is 5.71. The van der Waals surface area contributed by atoms with Gasteiger partial charge in [-0.25, -0.2) is 0 Å². The molecule has 0 amide bonds. The number of rotatable bonds is 48. The van der Waals surface area contributed by atoms with Crippen molar-refractivity contribution >= 4 is 17.9 Å². The van der Waals surface area contributed by atoms with Crippen LogP contribution in [-0.4, -0.2) is 37.2 Å². The largest absolute Gasteiger partial charge is 0.462 e. The van der Waals surface area contributed by atoms with Crippen molar-refractivity contribution in [2.24, 2.45) is 11.8 Å². The lowest BCUT2D eigenvalue weighted by Crippen LogP contribution is -2.30. The maximum Gasteiger partial charge on any atom is 0.306 e. The molecule has 0 saturated heterocycles. The van der Waals surface area contributed by atoms with Gasteiger partial charge < -0.3 is 14.2 Å². The summed E-state index contributed by atoms with van der Waals surface area (Å²) < 4.78 is 16.8. The highest BCUT2D eigenvalue weighted by atomic mass is 16.6. The number of esters is 3. The summed E-state index contributed by atoms with van der Waals surface area (Å²) in [4.78, 5) is 38.0. The molecule has 60 heavy (non-hydrogen) atoms. The van der Waals surface area contributed by atoms with Crippen molar-refractivity contribution < 1.29 is 28.6 Å². The lowest BCUT2D eigenvalue weighted by Gasteiger charge is -2.18. The quantitative estimate of drug-likeness (QED) is 0.0345. The number of carbonyl (C=O) groups excluding carboxylic acids is 3. The van der Waals surface area contributed by atoms with Gasteiger partial charge in [-0.3, -0.25) is 14.4 Å². The highest BCUT2D eigenvalue weighted by Crippen LogP contribution is 2.18. The molecule has 0 radical (unpaired) electrons. The first-order chi connectivity index (χ1) is 29.3. The topological polar surface area (TPSA) is 78.9 Å². The van der Waals surface area contributed by atoms with E-state index in [2.05, 4.69) is 34.6 Å². The lowest BCUT2D eigenvalue weighted by atomic mass is 9.99. The second-order valence-electron chi connectivity index (χ2n) is 19.0. The molecule has 356 valence electrons. The van der Waals surface area contributed by atoms with E-state index in [0.717, 1.165) is 69.6 Å². The predicted molar refractivity (Wildman–Crippen MR) is 256 cm³/mol. The van der Waals surface area contributed by atoms with Crippen LogP contribution in [0.1, 0.15) is 298 Å². The molecule has 6 nitrogen and oxygen atoms in total. The fraction of sp³-hybridized carbons (Fsp3) is 0.944. The van der Waals surface area contributed by atoms with Crippen LogP contribution in [0.2, 0.25) is 0 Å². The van der Waals surface area contributed by atoms with Crippen LogP contribution in [0.5, 0.6) is 0 Å². The molecule has 0 aromatic heterocycles. The first-order valence-corrected chi connectivity index (χ1v) is 26.8. The molecule has 0 aliphatic heterocycles. The highest BCUT2D eigenvalue weighted by Gasteiger charge is 2.19.